The summed E-state index contributed by atoms with van der Waals surface area (Å²) in [6.45, 7) is 4.11. The van der Waals surface area contributed by atoms with Gasteiger partial charge in [-0.1, -0.05) is 0 Å². The molecule has 0 bridgehead atoms. The average Bonchev–Trinajstić information content (AvgIpc) is 3.10. The smallest absolute Gasteiger partial charge is 0.341 e. The normalized spacial score (nSPS) is 12.5. The molecule has 0 aliphatic heterocycles. The molecule has 0 aliphatic rings. The van der Waals surface area contributed by atoms with E-state index < -0.39 is 12.1 Å². The van der Waals surface area contributed by atoms with Crippen LogP contribution in [0.5, 0.6) is 0 Å². The van der Waals surface area contributed by atoms with E-state index in [1.807, 2.05) is 19.1 Å². The van der Waals surface area contributed by atoms with E-state index in [0.717, 1.165) is 16.8 Å². The highest BCUT2D eigenvalue weighted by Gasteiger charge is 2.15. The number of carbonyl (C=O) groups excluding carboxylic acids is 1. The summed E-state index contributed by atoms with van der Waals surface area (Å²) in [7, 11) is 1.35. The van der Waals surface area contributed by atoms with Gasteiger partial charge < -0.3 is 9.84 Å². The van der Waals surface area contributed by atoms with Crippen molar-refractivity contribution < 1.29 is 14.6 Å². The summed E-state index contributed by atoms with van der Waals surface area (Å²) in [6.07, 6.45) is 4.58. The predicted octanol–water partition coefficient (Wildman–Crippen LogP) is 1.67. The summed E-state index contributed by atoms with van der Waals surface area (Å²) in [4.78, 5) is 11.8. The third kappa shape index (κ3) is 2.70. The molecule has 1 atom stereocenters. The Morgan fingerprint density at radius 3 is 2.87 bits per heavy atom. The van der Waals surface area contributed by atoms with Gasteiger partial charge >= 0.3 is 5.97 Å². The Labute approximate surface area is 133 Å². The molecule has 0 aromatic carbocycles. The summed E-state index contributed by atoms with van der Waals surface area (Å²) in [5, 5.41) is 18.0. The van der Waals surface area contributed by atoms with E-state index in [0.29, 0.717) is 17.6 Å². The average molecular weight is 314 g/mol. The van der Waals surface area contributed by atoms with Crippen molar-refractivity contribution >= 4 is 11.5 Å². The van der Waals surface area contributed by atoms with Gasteiger partial charge in [0.25, 0.3) is 0 Å². The maximum Gasteiger partial charge on any atom is 0.341 e. The molecule has 3 rings (SSSR count). The number of rotatable bonds is 4. The van der Waals surface area contributed by atoms with Crippen molar-refractivity contribution in [1.82, 2.24) is 19.4 Å². The van der Waals surface area contributed by atoms with Crippen LogP contribution in [0.4, 0.5) is 0 Å². The van der Waals surface area contributed by atoms with Gasteiger partial charge in [-0.15, -0.1) is 0 Å². The lowest BCUT2D eigenvalue weighted by molar-refractivity contribution is 0.0603. The number of aliphatic hydroxyl groups is 1. The fraction of sp³-hybridized carbons (Fsp3) is 0.312. The lowest BCUT2D eigenvalue weighted by Crippen LogP contribution is -2.14. The molecule has 120 valence electrons. The number of carbonyl (C=O) groups is 1. The number of aromatic nitrogens is 4. The molecule has 1 N–H and O–H groups in total. The van der Waals surface area contributed by atoms with E-state index >= 15 is 0 Å². The van der Waals surface area contributed by atoms with Crippen molar-refractivity contribution in [3.05, 3.63) is 42.0 Å². The highest BCUT2D eigenvalue weighted by Crippen LogP contribution is 2.25. The van der Waals surface area contributed by atoms with Crippen molar-refractivity contribution in [3.8, 4) is 11.1 Å². The Balaban J connectivity index is 2.07. The molecule has 0 saturated carbocycles. The second kappa shape index (κ2) is 5.85. The molecule has 7 nitrogen and oxygen atoms in total. The summed E-state index contributed by atoms with van der Waals surface area (Å²) < 4.78 is 8.18. The molecule has 3 aromatic heterocycles. The Morgan fingerprint density at radius 1 is 1.39 bits per heavy atom. The number of ether oxygens (including phenoxy) is 1. The van der Waals surface area contributed by atoms with Gasteiger partial charge in [-0.25, -0.2) is 9.31 Å². The summed E-state index contributed by atoms with van der Waals surface area (Å²) in [6, 6.07) is 3.80. The first-order valence-electron chi connectivity index (χ1n) is 7.28. The zero-order valence-corrected chi connectivity index (χ0v) is 13.2. The van der Waals surface area contributed by atoms with E-state index in [-0.39, 0.29) is 0 Å². The molecule has 0 unspecified atom stereocenters. The number of hydrogen-bond acceptors (Lipinski definition) is 5. The third-order valence-corrected chi connectivity index (χ3v) is 3.78. The van der Waals surface area contributed by atoms with Crippen LogP contribution in [-0.4, -0.2) is 43.7 Å². The van der Waals surface area contributed by atoms with E-state index in [1.165, 1.54) is 13.3 Å². The largest absolute Gasteiger partial charge is 0.465 e. The fourth-order valence-electron chi connectivity index (χ4n) is 2.58. The number of nitrogens with zero attached hydrogens (tertiary/aromatic N) is 4. The zero-order valence-electron chi connectivity index (χ0n) is 13.2. The molecule has 3 aromatic rings. The number of esters is 1. The quantitative estimate of drug-likeness (QED) is 0.741. The Hall–Kier alpha value is -2.67. The highest BCUT2D eigenvalue weighted by molar-refractivity contribution is 5.97. The molecule has 0 saturated heterocycles. The van der Waals surface area contributed by atoms with Crippen molar-refractivity contribution in [2.24, 2.45) is 0 Å². The molecule has 0 radical (unpaired) electrons. The van der Waals surface area contributed by atoms with E-state index in [1.54, 1.807) is 28.5 Å². The highest BCUT2D eigenvalue weighted by atomic mass is 16.5. The van der Waals surface area contributed by atoms with Crippen LogP contribution in [0.3, 0.4) is 0 Å². The molecular weight excluding hydrogens is 296 g/mol. The van der Waals surface area contributed by atoms with Crippen molar-refractivity contribution in [1.29, 1.82) is 0 Å². The van der Waals surface area contributed by atoms with Crippen LogP contribution >= 0.6 is 0 Å². The Morgan fingerprint density at radius 2 is 2.17 bits per heavy atom. The van der Waals surface area contributed by atoms with Gasteiger partial charge in [-0.2, -0.15) is 10.2 Å². The Bertz CT molecular complexity index is 863. The fourth-order valence-corrected chi connectivity index (χ4v) is 2.58. The first kappa shape index (κ1) is 15.2. The number of methoxy groups -OCH3 is 1. The Kier molecular flexibility index (Phi) is 3.87. The summed E-state index contributed by atoms with van der Waals surface area (Å²) in [5.41, 5.74) is 3.93. The molecule has 0 fully saturated rings. The minimum absolute atomic E-state index is 0.418. The van der Waals surface area contributed by atoms with E-state index in [2.05, 4.69) is 10.2 Å². The van der Waals surface area contributed by atoms with Gasteiger partial charge in [0.1, 0.15) is 5.56 Å². The van der Waals surface area contributed by atoms with Crippen LogP contribution in [0.25, 0.3) is 16.6 Å². The second-order valence-corrected chi connectivity index (χ2v) is 5.47. The van der Waals surface area contributed by atoms with Crippen LogP contribution in [0.15, 0.2) is 30.7 Å². The maximum absolute atomic E-state index is 11.8. The van der Waals surface area contributed by atoms with Crippen LogP contribution < -0.4 is 0 Å². The number of hydrogen-bond donors (Lipinski definition) is 1. The van der Waals surface area contributed by atoms with Gasteiger partial charge in [0.15, 0.2) is 0 Å². The van der Waals surface area contributed by atoms with Crippen LogP contribution in [-0.2, 0) is 11.3 Å². The number of aliphatic hydroxyl groups excluding tert-OH is 1. The minimum Gasteiger partial charge on any atom is -0.465 e. The van der Waals surface area contributed by atoms with Crippen molar-refractivity contribution in [2.45, 2.75) is 26.5 Å². The summed E-state index contributed by atoms with van der Waals surface area (Å²) in [5.74, 6) is -0.418. The topological polar surface area (TPSA) is 81.6 Å². The molecule has 0 amide bonds. The number of pyridine rings is 1. The minimum atomic E-state index is -0.468. The standard InChI is InChI=1S/C16H18N4O3/c1-10(21)9-20-11(2)13(7-18-20)12-4-5-19-15(6-12)14(8-17-19)16(22)23-3/h4-8,10,21H,9H2,1-3H3/t10-/m0/s1. The molecule has 0 aliphatic carbocycles. The third-order valence-electron chi connectivity index (χ3n) is 3.78. The monoisotopic (exact) mass is 314 g/mol. The van der Waals surface area contributed by atoms with Gasteiger partial charge in [0, 0.05) is 17.5 Å². The van der Waals surface area contributed by atoms with Crippen molar-refractivity contribution in [2.75, 3.05) is 7.11 Å². The summed E-state index contributed by atoms with van der Waals surface area (Å²) >= 11 is 0. The molecule has 23 heavy (non-hydrogen) atoms. The molecular formula is C16H18N4O3. The predicted molar refractivity (Wildman–Crippen MR) is 84.2 cm³/mol. The molecule has 7 heteroatoms. The first-order valence-corrected chi connectivity index (χ1v) is 7.28. The maximum atomic E-state index is 11.8. The van der Waals surface area contributed by atoms with E-state index in [9.17, 15) is 9.90 Å². The lowest BCUT2D eigenvalue weighted by Gasteiger charge is -2.08. The SMILES string of the molecule is COC(=O)c1cnn2ccc(-c3cnn(C[C@H](C)O)c3C)cc12. The van der Waals surface area contributed by atoms with Gasteiger partial charge in [-0.3, -0.25) is 4.68 Å². The van der Waals surface area contributed by atoms with Crippen LogP contribution in [0.2, 0.25) is 0 Å². The van der Waals surface area contributed by atoms with Gasteiger partial charge in [0.05, 0.1) is 37.7 Å². The van der Waals surface area contributed by atoms with Crippen LogP contribution in [0, 0.1) is 6.92 Å². The molecule has 3 heterocycles. The van der Waals surface area contributed by atoms with Gasteiger partial charge in [0.2, 0.25) is 0 Å². The molecule has 0 spiro atoms. The van der Waals surface area contributed by atoms with E-state index in [4.69, 9.17) is 4.74 Å². The second-order valence-electron chi connectivity index (χ2n) is 5.47. The number of fused-ring (bicyclic) bond motifs is 1. The first-order chi connectivity index (χ1) is 11.0. The van der Waals surface area contributed by atoms with Crippen LogP contribution in [0.1, 0.15) is 23.0 Å². The van der Waals surface area contributed by atoms with Crippen molar-refractivity contribution in [3.63, 3.8) is 0 Å². The zero-order chi connectivity index (χ0) is 16.6. The lowest BCUT2D eigenvalue weighted by atomic mass is 10.1. The van der Waals surface area contributed by atoms with Gasteiger partial charge in [-0.05, 0) is 31.5 Å².